The van der Waals surface area contributed by atoms with Gasteiger partial charge >= 0.3 is 5.97 Å². The monoisotopic (exact) mass is 188 g/mol. The number of esters is 1. The highest BCUT2D eigenvalue weighted by molar-refractivity contribution is 6.27. The normalized spacial score (nSPS) is 17.9. The van der Waals surface area contributed by atoms with Crippen molar-refractivity contribution in [2.45, 2.75) is 6.92 Å². The average Bonchev–Trinajstić information content (AvgIpc) is 2.18. The molecule has 2 rings (SSSR count). The van der Waals surface area contributed by atoms with Crippen LogP contribution in [-0.4, -0.2) is 11.8 Å². The molecule has 0 amide bonds. The van der Waals surface area contributed by atoms with E-state index in [4.69, 9.17) is 4.74 Å². The third-order valence-corrected chi connectivity index (χ3v) is 2.09. The first-order valence-corrected chi connectivity index (χ1v) is 4.26. The summed E-state index contributed by atoms with van der Waals surface area (Å²) in [6.07, 6.45) is 1.47. The fraction of sp³-hybridized carbons (Fsp3) is 0.0909. The van der Waals surface area contributed by atoms with E-state index in [1.807, 2.05) is 0 Å². The molecule has 70 valence electrons. The van der Waals surface area contributed by atoms with Gasteiger partial charge in [0.15, 0.2) is 0 Å². The van der Waals surface area contributed by atoms with Crippen molar-refractivity contribution < 1.29 is 14.3 Å². The van der Waals surface area contributed by atoms with Crippen molar-refractivity contribution in [2.24, 2.45) is 0 Å². The zero-order chi connectivity index (χ0) is 10.1. The van der Waals surface area contributed by atoms with Gasteiger partial charge in [-0.15, -0.1) is 0 Å². The Hall–Kier alpha value is -1.90. The SMILES string of the molecule is CC=C1C(=O)Oc2ccccc2C1=O. The van der Waals surface area contributed by atoms with Crippen LogP contribution in [0.5, 0.6) is 5.75 Å². The highest BCUT2D eigenvalue weighted by atomic mass is 16.5. The highest BCUT2D eigenvalue weighted by Gasteiger charge is 2.29. The minimum atomic E-state index is -0.573. The van der Waals surface area contributed by atoms with Gasteiger partial charge in [-0.25, -0.2) is 4.79 Å². The number of ether oxygens (including phenoxy) is 1. The van der Waals surface area contributed by atoms with Crippen molar-refractivity contribution in [1.29, 1.82) is 0 Å². The van der Waals surface area contributed by atoms with Crippen LogP contribution >= 0.6 is 0 Å². The predicted molar refractivity (Wildman–Crippen MR) is 50.2 cm³/mol. The lowest BCUT2D eigenvalue weighted by molar-refractivity contribution is -0.130. The maximum absolute atomic E-state index is 11.7. The molecule has 1 aliphatic heterocycles. The van der Waals surface area contributed by atoms with Crippen LogP contribution in [0.25, 0.3) is 0 Å². The number of hydrogen-bond donors (Lipinski definition) is 0. The van der Waals surface area contributed by atoms with Gasteiger partial charge in [-0.1, -0.05) is 18.2 Å². The molecule has 1 heterocycles. The minimum Gasteiger partial charge on any atom is -0.422 e. The minimum absolute atomic E-state index is 0.101. The first-order chi connectivity index (χ1) is 6.74. The molecule has 3 nitrogen and oxygen atoms in total. The van der Waals surface area contributed by atoms with Crippen molar-refractivity contribution in [2.75, 3.05) is 0 Å². The van der Waals surface area contributed by atoms with Crippen molar-refractivity contribution in [3.05, 3.63) is 41.5 Å². The zero-order valence-electron chi connectivity index (χ0n) is 7.61. The molecular weight excluding hydrogens is 180 g/mol. The van der Waals surface area contributed by atoms with E-state index in [0.717, 1.165) is 0 Å². The Morgan fingerprint density at radius 1 is 1.21 bits per heavy atom. The van der Waals surface area contributed by atoms with Gasteiger partial charge in [-0.2, -0.15) is 0 Å². The number of Topliss-reactive ketones (excluding diaryl/α,β-unsaturated/α-hetero) is 1. The molecule has 0 fully saturated rings. The molecule has 0 radical (unpaired) electrons. The van der Waals surface area contributed by atoms with Gasteiger partial charge in [0.25, 0.3) is 0 Å². The Bertz CT molecular complexity index is 444. The van der Waals surface area contributed by atoms with Crippen LogP contribution in [0.15, 0.2) is 35.9 Å². The molecular formula is C11H8O3. The first kappa shape index (κ1) is 8.69. The molecule has 0 saturated heterocycles. The maximum atomic E-state index is 11.7. The molecule has 1 aromatic carbocycles. The lowest BCUT2D eigenvalue weighted by atomic mass is 10.00. The molecule has 3 heteroatoms. The first-order valence-electron chi connectivity index (χ1n) is 4.26. The third kappa shape index (κ3) is 1.14. The topological polar surface area (TPSA) is 43.4 Å². The lowest BCUT2D eigenvalue weighted by Gasteiger charge is -2.15. The van der Waals surface area contributed by atoms with E-state index in [2.05, 4.69) is 0 Å². The summed E-state index contributed by atoms with van der Waals surface area (Å²) in [4.78, 5) is 23.0. The second kappa shape index (κ2) is 3.10. The molecule has 0 saturated carbocycles. The summed E-state index contributed by atoms with van der Waals surface area (Å²) < 4.78 is 4.98. The summed E-state index contributed by atoms with van der Waals surface area (Å²) in [5.74, 6) is -0.497. The van der Waals surface area contributed by atoms with E-state index in [-0.39, 0.29) is 11.4 Å². The second-order valence-electron chi connectivity index (χ2n) is 2.92. The third-order valence-electron chi connectivity index (χ3n) is 2.09. The van der Waals surface area contributed by atoms with E-state index in [1.165, 1.54) is 6.08 Å². The van der Waals surface area contributed by atoms with Gasteiger partial charge in [-0.3, -0.25) is 4.79 Å². The molecule has 0 aliphatic carbocycles. The lowest BCUT2D eigenvalue weighted by Crippen LogP contribution is -2.24. The summed E-state index contributed by atoms with van der Waals surface area (Å²) in [5.41, 5.74) is 0.545. The van der Waals surface area contributed by atoms with Gasteiger partial charge < -0.3 is 4.74 Å². The maximum Gasteiger partial charge on any atom is 0.347 e. The van der Waals surface area contributed by atoms with Gasteiger partial charge in [0.1, 0.15) is 11.3 Å². The standard InChI is InChI=1S/C11H8O3/c1-2-7-10(12)8-5-3-4-6-9(8)14-11(7)13/h2-6H,1H3. The van der Waals surface area contributed by atoms with Crippen LogP contribution in [-0.2, 0) is 4.79 Å². The molecule has 14 heavy (non-hydrogen) atoms. The highest BCUT2D eigenvalue weighted by Crippen LogP contribution is 2.26. The number of ketones is 1. The summed E-state index contributed by atoms with van der Waals surface area (Å²) in [6.45, 7) is 1.64. The van der Waals surface area contributed by atoms with Gasteiger partial charge in [0, 0.05) is 0 Å². The van der Waals surface area contributed by atoms with Gasteiger partial charge in [0.05, 0.1) is 5.56 Å². The number of rotatable bonds is 0. The summed E-state index contributed by atoms with van der Waals surface area (Å²) >= 11 is 0. The Morgan fingerprint density at radius 2 is 1.93 bits per heavy atom. The smallest absolute Gasteiger partial charge is 0.347 e. The van der Waals surface area contributed by atoms with Gasteiger partial charge in [-0.05, 0) is 19.1 Å². The van der Waals surface area contributed by atoms with Crippen LogP contribution in [0.2, 0.25) is 0 Å². The van der Waals surface area contributed by atoms with E-state index in [9.17, 15) is 9.59 Å². The predicted octanol–water partition coefficient (Wildman–Crippen LogP) is 1.73. The largest absolute Gasteiger partial charge is 0.422 e. The molecule has 0 atom stereocenters. The molecule has 0 spiro atoms. The van der Waals surface area contributed by atoms with E-state index >= 15 is 0 Å². The second-order valence-corrected chi connectivity index (χ2v) is 2.92. The van der Waals surface area contributed by atoms with Crippen LogP contribution < -0.4 is 4.74 Å². The summed E-state index contributed by atoms with van der Waals surface area (Å²) in [7, 11) is 0. The Morgan fingerprint density at radius 3 is 2.64 bits per heavy atom. The molecule has 1 aromatic rings. The molecule has 0 bridgehead atoms. The van der Waals surface area contributed by atoms with Crippen LogP contribution in [0.1, 0.15) is 17.3 Å². The quantitative estimate of drug-likeness (QED) is 0.269. The fourth-order valence-corrected chi connectivity index (χ4v) is 1.38. The van der Waals surface area contributed by atoms with Crippen molar-refractivity contribution >= 4 is 11.8 Å². The number of benzene rings is 1. The molecule has 0 unspecified atom stereocenters. The summed E-state index contributed by atoms with van der Waals surface area (Å²) in [6, 6.07) is 6.72. The van der Waals surface area contributed by atoms with Crippen LogP contribution in [0.3, 0.4) is 0 Å². The number of hydrogen-bond acceptors (Lipinski definition) is 3. The number of allylic oxidation sites excluding steroid dienone is 1. The number of carbonyl (C=O) groups excluding carboxylic acids is 2. The van der Waals surface area contributed by atoms with Crippen molar-refractivity contribution in [3.8, 4) is 5.75 Å². The number of fused-ring (bicyclic) bond motifs is 1. The van der Waals surface area contributed by atoms with Gasteiger partial charge in [0.2, 0.25) is 5.78 Å². The molecule has 0 N–H and O–H groups in total. The molecule has 0 aromatic heterocycles. The Balaban J connectivity index is 2.60. The fourth-order valence-electron chi connectivity index (χ4n) is 1.38. The van der Waals surface area contributed by atoms with Crippen LogP contribution in [0.4, 0.5) is 0 Å². The Kier molecular flexibility index (Phi) is 1.93. The van der Waals surface area contributed by atoms with Crippen LogP contribution in [0, 0.1) is 0 Å². The van der Waals surface area contributed by atoms with E-state index in [1.54, 1.807) is 31.2 Å². The molecule has 1 aliphatic rings. The van der Waals surface area contributed by atoms with Crippen molar-refractivity contribution in [3.63, 3.8) is 0 Å². The zero-order valence-corrected chi connectivity index (χ0v) is 7.61. The number of para-hydroxylation sites is 1. The Labute approximate surface area is 81.0 Å². The summed E-state index contributed by atoms with van der Waals surface area (Å²) in [5, 5.41) is 0. The average molecular weight is 188 g/mol. The number of carbonyl (C=O) groups is 2. The van der Waals surface area contributed by atoms with Crippen molar-refractivity contribution in [1.82, 2.24) is 0 Å². The van der Waals surface area contributed by atoms with E-state index in [0.29, 0.717) is 11.3 Å². The van der Waals surface area contributed by atoms with E-state index < -0.39 is 5.97 Å².